The van der Waals surface area contributed by atoms with Crippen LogP contribution in [0, 0.1) is 10.4 Å². The van der Waals surface area contributed by atoms with E-state index in [1.54, 1.807) is 19.3 Å². The Hall–Kier alpha value is -4.17. The molecular weight excluding hydrogens is 655 g/mol. The van der Waals surface area contributed by atoms with E-state index >= 15 is 0 Å². The molecule has 49 heavy (non-hydrogen) atoms. The van der Waals surface area contributed by atoms with Crippen molar-refractivity contribution in [2.45, 2.75) is 58.3 Å². The lowest BCUT2D eigenvalue weighted by molar-refractivity contribution is -0.608. The van der Waals surface area contributed by atoms with Gasteiger partial charge in [0.2, 0.25) is 17.3 Å². The lowest BCUT2D eigenvalue weighted by Gasteiger charge is -2.29. The molecule has 4 heterocycles. The predicted molar refractivity (Wildman–Crippen MR) is 194 cm³/mol. The zero-order valence-electron chi connectivity index (χ0n) is 27.7. The van der Waals surface area contributed by atoms with Gasteiger partial charge in [0.05, 0.1) is 11.1 Å². The summed E-state index contributed by atoms with van der Waals surface area (Å²) in [6, 6.07) is 19.8. The van der Waals surface area contributed by atoms with Crippen molar-refractivity contribution in [1.82, 2.24) is 10.2 Å². The van der Waals surface area contributed by atoms with Gasteiger partial charge < -0.3 is 20.6 Å². The predicted octanol–water partition coefficient (Wildman–Crippen LogP) is 6.77. The van der Waals surface area contributed by atoms with E-state index in [1.165, 1.54) is 27.8 Å². The van der Waals surface area contributed by atoms with Crippen molar-refractivity contribution < 1.29 is 14.3 Å². The lowest BCUT2D eigenvalue weighted by Crippen LogP contribution is -2.36. The molecule has 2 aromatic heterocycles. The Morgan fingerprint density at radius 3 is 1.57 bits per heavy atom. The van der Waals surface area contributed by atoms with E-state index in [9.17, 15) is 15.2 Å². The number of nitrogens with zero attached hydrogens (tertiary/aromatic N) is 3. The first-order valence-electron chi connectivity index (χ1n) is 17.2. The summed E-state index contributed by atoms with van der Waals surface area (Å²) in [5.41, 5.74) is 13.4. The number of nitrogens with one attached hydrogen (secondary N) is 1. The first kappa shape index (κ1) is 33.3. The van der Waals surface area contributed by atoms with Crippen molar-refractivity contribution >= 4 is 40.3 Å². The summed E-state index contributed by atoms with van der Waals surface area (Å²) in [6.07, 6.45) is 10.2. The van der Waals surface area contributed by atoms with Crippen LogP contribution < -0.4 is 14.8 Å². The number of pyridine rings is 2. The molecule has 1 N–H and O–H groups in total. The fraction of sp³-hybridized carbons (Fsp3) is 0.325. The number of amides is 1. The number of fused-ring (bicyclic) bond motifs is 4. The smallest absolute Gasteiger partial charge is 0.227 e. The molecule has 2 aliphatic carbocycles. The van der Waals surface area contributed by atoms with Crippen molar-refractivity contribution in [3.8, 4) is 0 Å². The fourth-order valence-corrected chi connectivity index (χ4v) is 8.25. The van der Waals surface area contributed by atoms with E-state index in [2.05, 4.69) is 23.5 Å². The number of hydrogen-bond acceptors (Lipinski definition) is 4. The molecule has 9 heteroatoms. The van der Waals surface area contributed by atoms with Crippen molar-refractivity contribution in [1.29, 1.82) is 0 Å². The third kappa shape index (κ3) is 6.85. The van der Waals surface area contributed by atoms with Crippen LogP contribution in [-0.2, 0) is 30.5 Å². The average molecular weight is 696 g/mol. The maximum absolute atomic E-state index is 12.7. The van der Waals surface area contributed by atoms with Gasteiger partial charge in [0.15, 0.2) is 12.4 Å². The molecule has 8 rings (SSSR count). The number of carbonyl (C=O) groups excluding carboxylic acids is 1. The normalized spacial score (nSPS) is 17.1. The molecule has 7 nitrogen and oxygen atoms in total. The van der Waals surface area contributed by atoms with E-state index < -0.39 is 0 Å². The van der Waals surface area contributed by atoms with Gasteiger partial charge in [-0.05, 0) is 123 Å². The molecule has 0 bridgehead atoms. The molecule has 2 fully saturated rings. The number of carbonyl (C=O) groups is 1. The number of benzene rings is 2. The molecule has 0 unspecified atom stereocenters. The van der Waals surface area contributed by atoms with Gasteiger partial charge in [-0.1, -0.05) is 46.5 Å². The number of halogens is 2. The molecule has 4 aromatic rings. The first-order chi connectivity index (χ1) is 23.8. The van der Waals surface area contributed by atoms with Crippen molar-refractivity contribution in [3.63, 3.8) is 0 Å². The van der Waals surface area contributed by atoms with Crippen molar-refractivity contribution in [2.75, 3.05) is 26.2 Å². The number of aromatic nitrogens is 2. The van der Waals surface area contributed by atoms with Crippen LogP contribution in [0.2, 0.25) is 10.0 Å². The number of rotatable bonds is 0. The van der Waals surface area contributed by atoms with Crippen LogP contribution in [0.15, 0.2) is 84.2 Å². The standard InChI is InChI=1S/C21H21ClN2O2.C19H19ClN2O/c1-14(25)23-11-8-15(9-12-23)20-19-7-6-18(22)13-17(19)5-4-16-3-2-10-24(26)21(16)20;20-16-5-6-17-15(12-16)4-3-14-2-1-11-22(23)19(14)18(17)13-7-9-21-10-8-13/h2-3,6-7,10,13H,4-5,8-9,11-12H2,1H3;1-2,5-6,11-12,21H,3-4,7-10H2. The quantitative estimate of drug-likeness (QED) is 0.163. The highest BCUT2D eigenvalue weighted by Gasteiger charge is 2.31. The van der Waals surface area contributed by atoms with Crippen LogP contribution in [0.25, 0.3) is 11.1 Å². The van der Waals surface area contributed by atoms with Crippen LogP contribution in [0.4, 0.5) is 0 Å². The summed E-state index contributed by atoms with van der Waals surface area (Å²) >= 11 is 12.4. The maximum Gasteiger partial charge on any atom is 0.227 e. The van der Waals surface area contributed by atoms with E-state index in [0.29, 0.717) is 13.1 Å². The summed E-state index contributed by atoms with van der Waals surface area (Å²) in [5.74, 6) is 0.112. The minimum Gasteiger partial charge on any atom is -0.618 e. The summed E-state index contributed by atoms with van der Waals surface area (Å²) in [5, 5.41) is 30.2. The number of aryl methyl sites for hydroxylation is 4. The molecule has 2 saturated heterocycles. The minimum atomic E-state index is 0.112. The third-order valence-corrected chi connectivity index (χ3v) is 10.8. The van der Waals surface area contributed by atoms with Crippen LogP contribution in [-0.4, -0.2) is 37.0 Å². The van der Waals surface area contributed by atoms with E-state index in [-0.39, 0.29) is 5.91 Å². The largest absolute Gasteiger partial charge is 0.618 e. The van der Waals surface area contributed by atoms with Gasteiger partial charge >= 0.3 is 0 Å². The molecule has 0 spiro atoms. The van der Waals surface area contributed by atoms with Crippen LogP contribution in [0.3, 0.4) is 0 Å². The second-order valence-corrected chi connectivity index (χ2v) is 14.1. The number of likely N-dealkylation sites (tertiary alicyclic amines) is 1. The lowest BCUT2D eigenvalue weighted by atomic mass is 9.88. The number of hydrogen-bond donors (Lipinski definition) is 1. The monoisotopic (exact) mass is 694 g/mol. The topological polar surface area (TPSA) is 86.2 Å². The fourth-order valence-electron chi connectivity index (χ4n) is 7.87. The molecule has 0 saturated carbocycles. The molecule has 0 atom stereocenters. The van der Waals surface area contributed by atoms with Gasteiger partial charge in [0.25, 0.3) is 0 Å². The van der Waals surface area contributed by atoms with E-state index in [0.717, 1.165) is 123 Å². The summed E-state index contributed by atoms with van der Waals surface area (Å²) in [4.78, 5) is 13.5. The zero-order valence-corrected chi connectivity index (χ0v) is 29.2. The van der Waals surface area contributed by atoms with Gasteiger partial charge in [-0.25, -0.2) is 0 Å². The molecule has 2 aromatic carbocycles. The maximum atomic E-state index is 12.7. The first-order valence-corrected chi connectivity index (χ1v) is 17.9. The molecule has 0 radical (unpaired) electrons. The second kappa shape index (κ2) is 14.4. The minimum absolute atomic E-state index is 0.112. The molecule has 2 aliphatic heterocycles. The van der Waals surface area contributed by atoms with E-state index in [1.807, 2.05) is 47.4 Å². The Bertz CT molecular complexity index is 1990. The van der Waals surface area contributed by atoms with Gasteiger partial charge in [-0.15, -0.1) is 0 Å². The SMILES string of the molecule is CC(=O)N1CCC(=C2c3ccc(Cl)cc3CCc3ccc[n+]([O-])c32)CC1.[O-][n+]1cccc2c1C(=C1CCNCC1)c1ccc(Cl)cc1CC2. The third-order valence-electron chi connectivity index (χ3n) is 10.3. The Kier molecular flexibility index (Phi) is 9.77. The average Bonchev–Trinajstić information content (AvgIpc) is 3.38. The van der Waals surface area contributed by atoms with Crippen LogP contribution in [0.5, 0.6) is 0 Å². The second-order valence-electron chi connectivity index (χ2n) is 13.2. The summed E-state index contributed by atoms with van der Waals surface area (Å²) in [6.45, 7) is 4.98. The molecule has 4 aliphatic rings. The zero-order chi connectivity index (χ0) is 34.1. The van der Waals surface area contributed by atoms with Gasteiger partial charge in [0.1, 0.15) is 0 Å². The highest BCUT2D eigenvalue weighted by atomic mass is 35.5. The molecular formula is C40H40Cl2N4O3. The van der Waals surface area contributed by atoms with Crippen LogP contribution >= 0.6 is 23.2 Å². The van der Waals surface area contributed by atoms with Gasteiger partial charge in [0, 0.05) is 53.3 Å². The van der Waals surface area contributed by atoms with Crippen LogP contribution in [0.1, 0.15) is 77.4 Å². The molecule has 252 valence electrons. The summed E-state index contributed by atoms with van der Waals surface area (Å²) in [7, 11) is 0. The van der Waals surface area contributed by atoms with E-state index in [4.69, 9.17) is 23.2 Å². The van der Waals surface area contributed by atoms with Crippen molar-refractivity contribution in [2.24, 2.45) is 0 Å². The summed E-state index contributed by atoms with van der Waals surface area (Å²) < 4.78 is 2.04. The van der Waals surface area contributed by atoms with Gasteiger partial charge in [-0.3, -0.25) is 4.79 Å². The van der Waals surface area contributed by atoms with Gasteiger partial charge in [-0.2, -0.15) is 9.46 Å². The Labute approximate surface area is 297 Å². The number of piperidine rings is 2. The Balaban J connectivity index is 0.000000155. The van der Waals surface area contributed by atoms with Crippen molar-refractivity contribution in [3.05, 3.63) is 149 Å². The Morgan fingerprint density at radius 2 is 1.10 bits per heavy atom. The Morgan fingerprint density at radius 1 is 0.653 bits per heavy atom. The highest BCUT2D eigenvalue weighted by Crippen LogP contribution is 2.39. The highest BCUT2D eigenvalue weighted by molar-refractivity contribution is 6.31. The molecule has 1 amide bonds.